The number of rotatable bonds is 4. The Labute approximate surface area is 123 Å². The average Bonchev–Trinajstić information content (AvgIpc) is 2.96. The van der Waals surface area contributed by atoms with Crippen molar-refractivity contribution in [3.05, 3.63) is 29.2 Å². The van der Waals surface area contributed by atoms with Crippen LogP contribution in [-0.2, 0) is 17.8 Å². The molecular formula is C14H21N5O2. The van der Waals surface area contributed by atoms with E-state index >= 15 is 0 Å². The molecule has 0 amide bonds. The van der Waals surface area contributed by atoms with E-state index in [0.29, 0.717) is 12.4 Å². The molecule has 1 fully saturated rings. The number of aromatic nitrogens is 4. The van der Waals surface area contributed by atoms with Crippen molar-refractivity contribution in [1.82, 2.24) is 24.8 Å². The topological polar surface area (TPSA) is 69.2 Å². The van der Waals surface area contributed by atoms with Crippen molar-refractivity contribution in [2.75, 3.05) is 19.7 Å². The van der Waals surface area contributed by atoms with Crippen LogP contribution in [0.5, 0.6) is 0 Å². The fraction of sp³-hybridized carbons (Fsp3) is 0.643. The smallest absolute Gasteiger partial charge is 0.223 e. The molecule has 1 aliphatic rings. The molecule has 21 heavy (non-hydrogen) atoms. The lowest BCUT2D eigenvalue weighted by Crippen LogP contribution is -2.44. The Morgan fingerprint density at radius 2 is 2.19 bits per heavy atom. The molecule has 0 aromatic carbocycles. The van der Waals surface area contributed by atoms with Gasteiger partial charge in [-0.1, -0.05) is 5.16 Å². The van der Waals surface area contributed by atoms with E-state index in [0.717, 1.165) is 37.8 Å². The van der Waals surface area contributed by atoms with Crippen molar-refractivity contribution in [1.29, 1.82) is 0 Å². The number of ether oxygens (including phenoxy) is 1. The number of nitrogens with zero attached hydrogens (tertiary/aromatic N) is 5. The Balaban J connectivity index is 1.59. The van der Waals surface area contributed by atoms with Gasteiger partial charge in [0.05, 0.1) is 31.5 Å². The lowest BCUT2D eigenvalue weighted by atomic mass is 10.2. The Morgan fingerprint density at radius 3 is 2.86 bits per heavy atom. The molecule has 1 atom stereocenters. The summed E-state index contributed by atoms with van der Waals surface area (Å²) in [6.07, 6.45) is 0.143. The molecule has 0 bridgehead atoms. The summed E-state index contributed by atoms with van der Waals surface area (Å²) in [5.41, 5.74) is 2.21. The maximum atomic E-state index is 5.85. The van der Waals surface area contributed by atoms with E-state index in [1.807, 2.05) is 11.6 Å². The first-order valence-electron chi connectivity index (χ1n) is 7.24. The van der Waals surface area contributed by atoms with Gasteiger partial charge in [0.25, 0.3) is 0 Å². The standard InChI is InChI=1S/C14H21N5O2/c1-10-6-11(2)19(16-10)8-13-7-18(4-5-20-13)9-14-15-12(3)21-17-14/h6,13H,4-5,7-9H2,1-3H3. The highest BCUT2D eigenvalue weighted by atomic mass is 16.5. The first-order valence-corrected chi connectivity index (χ1v) is 7.24. The number of aryl methyl sites for hydroxylation is 3. The molecule has 0 aliphatic carbocycles. The molecule has 1 saturated heterocycles. The second-order valence-corrected chi connectivity index (χ2v) is 5.57. The first kappa shape index (κ1) is 14.2. The van der Waals surface area contributed by atoms with Crippen LogP contribution in [0.1, 0.15) is 23.1 Å². The molecule has 2 aromatic heterocycles. The Kier molecular flexibility index (Phi) is 4.03. The van der Waals surface area contributed by atoms with Gasteiger partial charge in [-0.05, 0) is 19.9 Å². The third kappa shape index (κ3) is 3.48. The summed E-state index contributed by atoms with van der Waals surface area (Å²) in [5.74, 6) is 1.34. The minimum Gasteiger partial charge on any atom is -0.374 e. The van der Waals surface area contributed by atoms with Gasteiger partial charge < -0.3 is 9.26 Å². The zero-order valence-corrected chi connectivity index (χ0v) is 12.7. The van der Waals surface area contributed by atoms with E-state index in [4.69, 9.17) is 9.26 Å². The quantitative estimate of drug-likeness (QED) is 0.840. The summed E-state index contributed by atoms with van der Waals surface area (Å²) < 4.78 is 12.9. The maximum Gasteiger partial charge on any atom is 0.223 e. The van der Waals surface area contributed by atoms with Gasteiger partial charge in [-0.15, -0.1) is 0 Å². The number of morpholine rings is 1. The van der Waals surface area contributed by atoms with Gasteiger partial charge in [0.2, 0.25) is 5.89 Å². The van der Waals surface area contributed by atoms with Gasteiger partial charge in [-0.2, -0.15) is 10.1 Å². The zero-order chi connectivity index (χ0) is 14.8. The summed E-state index contributed by atoms with van der Waals surface area (Å²) in [6, 6.07) is 2.09. The predicted octanol–water partition coefficient (Wildman–Crippen LogP) is 1.09. The normalized spacial score (nSPS) is 20.0. The lowest BCUT2D eigenvalue weighted by molar-refractivity contribution is -0.0413. The van der Waals surface area contributed by atoms with Crippen molar-refractivity contribution in [3.8, 4) is 0 Å². The molecule has 1 aliphatic heterocycles. The molecule has 7 nitrogen and oxygen atoms in total. The molecule has 7 heteroatoms. The van der Waals surface area contributed by atoms with Crippen LogP contribution in [0.25, 0.3) is 0 Å². The van der Waals surface area contributed by atoms with Crippen LogP contribution in [0.2, 0.25) is 0 Å². The third-order valence-corrected chi connectivity index (χ3v) is 3.64. The lowest BCUT2D eigenvalue weighted by Gasteiger charge is -2.32. The largest absolute Gasteiger partial charge is 0.374 e. The summed E-state index contributed by atoms with van der Waals surface area (Å²) in [6.45, 7) is 9.84. The highest BCUT2D eigenvalue weighted by Gasteiger charge is 2.23. The molecule has 3 heterocycles. The molecule has 3 rings (SSSR count). The van der Waals surface area contributed by atoms with Gasteiger partial charge in [0.1, 0.15) is 0 Å². The fourth-order valence-electron chi connectivity index (χ4n) is 2.69. The summed E-state index contributed by atoms with van der Waals surface area (Å²) in [5, 5.41) is 8.45. The minimum atomic E-state index is 0.143. The Bertz CT molecular complexity index is 606. The van der Waals surface area contributed by atoms with Crippen molar-refractivity contribution >= 4 is 0 Å². The Morgan fingerprint density at radius 1 is 1.33 bits per heavy atom. The van der Waals surface area contributed by atoms with E-state index in [9.17, 15) is 0 Å². The van der Waals surface area contributed by atoms with Crippen LogP contribution in [0.15, 0.2) is 10.6 Å². The minimum absolute atomic E-state index is 0.143. The van der Waals surface area contributed by atoms with Gasteiger partial charge in [-0.3, -0.25) is 9.58 Å². The van der Waals surface area contributed by atoms with Crippen molar-refractivity contribution in [2.45, 2.75) is 40.0 Å². The SMILES string of the molecule is Cc1cc(C)n(CC2CN(Cc3noc(C)n3)CCO2)n1. The fourth-order valence-corrected chi connectivity index (χ4v) is 2.69. The van der Waals surface area contributed by atoms with Gasteiger partial charge >= 0.3 is 0 Å². The molecule has 114 valence electrons. The predicted molar refractivity (Wildman–Crippen MR) is 75.8 cm³/mol. The van der Waals surface area contributed by atoms with Gasteiger partial charge in [0, 0.05) is 25.7 Å². The molecular weight excluding hydrogens is 270 g/mol. The second-order valence-electron chi connectivity index (χ2n) is 5.57. The van der Waals surface area contributed by atoms with E-state index in [1.165, 1.54) is 5.69 Å². The zero-order valence-electron chi connectivity index (χ0n) is 12.7. The van der Waals surface area contributed by atoms with Gasteiger partial charge in [-0.25, -0.2) is 0 Å². The van der Waals surface area contributed by atoms with Crippen molar-refractivity contribution in [3.63, 3.8) is 0 Å². The van der Waals surface area contributed by atoms with Crippen LogP contribution in [0.3, 0.4) is 0 Å². The van der Waals surface area contributed by atoms with Crippen LogP contribution >= 0.6 is 0 Å². The van der Waals surface area contributed by atoms with Crippen molar-refractivity contribution in [2.24, 2.45) is 0 Å². The summed E-state index contributed by atoms with van der Waals surface area (Å²) >= 11 is 0. The highest BCUT2D eigenvalue weighted by Crippen LogP contribution is 2.12. The molecule has 1 unspecified atom stereocenters. The monoisotopic (exact) mass is 291 g/mol. The van der Waals surface area contributed by atoms with E-state index in [2.05, 4.69) is 33.1 Å². The third-order valence-electron chi connectivity index (χ3n) is 3.64. The average molecular weight is 291 g/mol. The molecule has 2 aromatic rings. The second kappa shape index (κ2) is 5.95. The summed E-state index contributed by atoms with van der Waals surface area (Å²) in [7, 11) is 0. The Hall–Kier alpha value is -1.73. The van der Waals surface area contributed by atoms with Crippen LogP contribution in [0, 0.1) is 20.8 Å². The van der Waals surface area contributed by atoms with Crippen LogP contribution < -0.4 is 0 Å². The molecule has 0 saturated carbocycles. The number of hydrogen-bond acceptors (Lipinski definition) is 6. The van der Waals surface area contributed by atoms with Crippen LogP contribution in [0.4, 0.5) is 0 Å². The molecule has 0 spiro atoms. The first-order chi connectivity index (χ1) is 10.1. The highest BCUT2D eigenvalue weighted by molar-refractivity contribution is 5.06. The molecule has 0 N–H and O–H groups in total. The van der Waals surface area contributed by atoms with Crippen LogP contribution in [-0.4, -0.2) is 50.6 Å². The van der Waals surface area contributed by atoms with Crippen molar-refractivity contribution < 1.29 is 9.26 Å². The summed E-state index contributed by atoms with van der Waals surface area (Å²) in [4.78, 5) is 6.55. The number of hydrogen-bond donors (Lipinski definition) is 0. The molecule has 0 radical (unpaired) electrons. The maximum absolute atomic E-state index is 5.85. The van der Waals surface area contributed by atoms with Gasteiger partial charge in [0.15, 0.2) is 5.82 Å². The van der Waals surface area contributed by atoms with E-state index in [1.54, 1.807) is 6.92 Å². The van der Waals surface area contributed by atoms with E-state index in [-0.39, 0.29) is 6.10 Å². The van der Waals surface area contributed by atoms with E-state index < -0.39 is 0 Å².